The van der Waals surface area contributed by atoms with Crippen LogP contribution < -0.4 is 0 Å². The molecule has 0 amide bonds. The second kappa shape index (κ2) is 13.2. The SMILES string of the molecule is CCCCOC(OCCCC)C(=O)CC(C)=O.[AlH3]. The Morgan fingerprint density at radius 1 is 1.00 bits per heavy atom. The van der Waals surface area contributed by atoms with Gasteiger partial charge in [0, 0.05) is 0 Å². The summed E-state index contributed by atoms with van der Waals surface area (Å²) in [5, 5.41) is 0. The average Bonchev–Trinajstić information content (AvgIpc) is 2.26. The molecule has 0 saturated carbocycles. The molecule has 0 spiro atoms. The summed E-state index contributed by atoms with van der Waals surface area (Å²) < 4.78 is 10.7. The molecule has 0 aliphatic heterocycles. The number of ether oxygens (including phenoxy) is 2. The molecule has 106 valence electrons. The minimum Gasteiger partial charge on any atom is -0.346 e. The van der Waals surface area contributed by atoms with Crippen LogP contribution >= 0.6 is 0 Å². The fourth-order valence-corrected chi connectivity index (χ4v) is 1.23. The number of unbranched alkanes of at least 4 members (excludes halogenated alkanes) is 2. The predicted molar refractivity (Wildman–Crippen MR) is 75.8 cm³/mol. The van der Waals surface area contributed by atoms with E-state index in [-0.39, 0.29) is 35.3 Å². The lowest BCUT2D eigenvalue weighted by molar-refractivity contribution is -0.171. The topological polar surface area (TPSA) is 52.6 Å². The Balaban J connectivity index is 0. The van der Waals surface area contributed by atoms with E-state index in [1.165, 1.54) is 6.92 Å². The van der Waals surface area contributed by atoms with Crippen molar-refractivity contribution in [2.24, 2.45) is 0 Å². The lowest BCUT2D eigenvalue weighted by atomic mass is 10.2. The summed E-state index contributed by atoms with van der Waals surface area (Å²) in [6.45, 7) is 6.49. The molecule has 0 aliphatic rings. The fourth-order valence-electron chi connectivity index (χ4n) is 1.23. The minimum atomic E-state index is -0.864. The fraction of sp³-hybridized carbons (Fsp3) is 0.846. The third kappa shape index (κ3) is 10.9. The highest BCUT2D eigenvalue weighted by Crippen LogP contribution is 2.04. The number of hydrogen-bond acceptors (Lipinski definition) is 4. The minimum absolute atomic E-state index is 0. The average molecular weight is 274 g/mol. The van der Waals surface area contributed by atoms with E-state index in [0.29, 0.717) is 13.2 Å². The van der Waals surface area contributed by atoms with Gasteiger partial charge in [0.15, 0.2) is 23.1 Å². The van der Waals surface area contributed by atoms with Gasteiger partial charge in [-0.15, -0.1) is 0 Å². The Labute approximate surface area is 121 Å². The zero-order valence-electron chi connectivity index (χ0n) is 11.2. The van der Waals surface area contributed by atoms with Gasteiger partial charge in [-0.05, 0) is 19.8 Å². The highest BCUT2D eigenvalue weighted by atomic mass is 27.0. The summed E-state index contributed by atoms with van der Waals surface area (Å²) in [7, 11) is 0. The molecule has 0 radical (unpaired) electrons. The molecule has 5 heteroatoms. The Morgan fingerprint density at radius 3 is 1.78 bits per heavy atom. The van der Waals surface area contributed by atoms with Gasteiger partial charge < -0.3 is 9.47 Å². The third-order valence-corrected chi connectivity index (χ3v) is 2.22. The van der Waals surface area contributed by atoms with E-state index in [1.807, 2.05) is 13.8 Å². The van der Waals surface area contributed by atoms with Gasteiger partial charge in [0.25, 0.3) is 0 Å². The molecule has 0 rings (SSSR count). The molecule has 0 N–H and O–H groups in total. The van der Waals surface area contributed by atoms with E-state index in [2.05, 4.69) is 0 Å². The quantitative estimate of drug-likeness (QED) is 0.247. The molecule has 0 fully saturated rings. The molecule has 0 unspecified atom stereocenters. The summed E-state index contributed by atoms with van der Waals surface area (Å²) in [6, 6.07) is 0. The Hall–Kier alpha value is -0.208. The molecule has 4 nitrogen and oxygen atoms in total. The number of ketones is 2. The standard InChI is InChI=1S/C13H24O4.Al.3H/c1-4-6-8-16-13(17-9-7-5-2)12(15)10-11(3)14;;;;/h13H,4-10H2,1-3H3;;;;. The molecular weight excluding hydrogens is 247 g/mol. The first kappa shape index (κ1) is 20.1. The maximum atomic E-state index is 11.7. The molecule has 0 heterocycles. The van der Waals surface area contributed by atoms with Gasteiger partial charge in [-0.25, -0.2) is 0 Å². The third-order valence-electron chi connectivity index (χ3n) is 2.22. The van der Waals surface area contributed by atoms with Gasteiger partial charge in [-0.3, -0.25) is 9.59 Å². The summed E-state index contributed by atoms with van der Waals surface area (Å²) >= 11 is 0. The second-order valence-corrected chi connectivity index (χ2v) is 4.13. The maximum Gasteiger partial charge on any atom is 0.218 e. The van der Waals surface area contributed by atoms with Gasteiger partial charge in [-0.1, -0.05) is 26.7 Å². The van der Waals surface area contributed by atoms with Crippen LogP contribution in [0.25, 0.3) is 0 Å². The summed E-state index contributed by atoms with van der Waals surface area (Å²) in [4.78, 5) is 22.6. The van der Waals surface area contributed by atoms with E-state index in [1.54, 1.807) is 0 Å². The molecule has 18 heavy (non-hydrogen) atoms. The largest absolute Gasteiger partial charge is 0.346 e. The molecule has 0 aliphatic carbocycles. The second-order valence-electron chi connectivity index (χ2n) is 4.13. The van der Waals surface area contributed by atoms with Crippen LogP contribution in [-0.4, -0.2) is 48.4 Å². The zero-order chi connectivity index (χ0) is 13.1. The Kier molecular flexibility index (Phi) is 14.8. The highest BCUT2D eigenvalue weighted by Gasteiger charge is 2.20. The molecule has 0 aromatic heterocycles. The zero-order valence-corrected chi connectivity index (χ0v) is 11.2. The number of rotatable bonds is 11. The number of carbonyl (C=O) groups is 2. The van der Waals surface area contributed by atoms with Crippen molar-refractivity contribution in [3.63, 3.8) is 0 Å². The van der Waals surface area contributed by atoms with Crippen molar-refractivity contribution >= 4 is 28.9 Å². The Morgan fingerprint density at radius 2 is 1.44 bits per heavy atom. The van der Waals surface area contributed by atoms with Gasteiger partial charge >= 0.3 is 0 Å². The van der Waals surface area contributed by atoms with Crippen molar-refractivity contribution in [1.82, 2.24) is 0 Å². The lowest BCUT2D eigenvalue weighted by Crippen LogP contribution is -2.29. The number of Topliss-reactive ketones (excluding diaryl/α,β-unsaturated/α-hetero) is 2. The van der Waals surface area contributed by atoms with Gasteiger partial charge in [0.05, 0.1) is 19.6 Å². The summed E-state index contributed by atoms with van der Waals surface area (Å²) in [6.07, 6.45) is 2.81. The van der Waals surface area contributed by atoms with Crippen molar-refractivity contribution < 1.29 is 19.1 Å². The van der Waals surface area contributed by atoms with Gasteiger partial charge in [-0.2, -0.15) is 0 Å². The number of carbonyl (C=O) groups excluding carboxylic acids is 2. The van der Waals surface area contributed by atoms with Gasteiger partial charge in [0.2, 0.25) is 6.29 Å². The first-order valence-corrected chi connectivity index (χ1v) is 6.37. The van der Waals surface area contributed by atoms with Crippen LogP contribution in [0.3, 0.4) is 0 Å². The first-order valence-electron chi connectivity index (χ1n) is 6.37. The van der Waals surface area contributed by atoms with Gasteiger partial charge in [0.1, 0.15) is 5.78 Å². The van der Waals surface area contributed by atoms with E-state index in [4.69, 9.17) is 9.47 Å². The van der Waals surface area contributed by atoms with Crippen LogP contribution in [0.1, 0.15) is 52.9 Å². The van der Waals surface area contributed by atoms with E-state index >= 15 is 0 Å². The summed E-state index contributed by atoms with van der Waals surface area (Å²) in [5.41, 5.74) is 0. The lowest BCUT2D eigenvalue weighted by Gasteiger charge is -2.16. The highest BCUT2D eigenvalue weighted by molar-refractivity contribution is 5.99. The molecule has 0 aromatic carbocycles. The first-order chi connectivity index (χ1) is 8.11. The smallest absolute Gasteiger partial charge is 0.218 e. The van der Waals surface area contributed by atoms with Crippen molar-refractivity contribution in [2.75, 3.05) is 13.2 Å². The van der Waals surface area contributed by atoms with Crippen molar-refractivity contribution in [3.8, 4) is 0 Å². The normalized spacial score (nSPS) is 10.2. The van der Waals surface area contributed by atoms with Crippen molar-refractivity contribution in [2.45, 2.75) is 59.2 Å². The molecule has 0 saturated heterocycles. The molecule has 0 bridgehead atoms. The van der Waals surface area contributed by atoms with Crippen LogP contribution in [0.2, 0.25) is 0 Å². The predicted octanol–water partition coefficient (Wildman–Crippen LogP) is 1.31. The molecule has 0 atom stereocenters. The van der Waals surface area contributed by atoms with Crippen LogP contribution in [0.4, 0.5) is 0 Å². The monoisotopic (exact) mass is 274 g/mol. The van der Waals surface area contributed by atoms with Crippen LogP contribution in [0, 0.1) is 0 Å². The van der Waals surface area contributed by atoms with E-state index in [9.17, 15) is 9.59 Å². The number of hydrogen-bond donors (Lipinski definition) is 0. The maximum absolute atomic E-state index is 11.7. The molecular formula is C13H27AlO4. The van der Waals surface area contributed by atoms with Crippen LogP contribution in [0.15, 0.2) is 0 Å². The van der Waals surface area contributed by atoms with E-state index in [0.717, 1.165) is 25.7 Å². The van der Waals surface area contributed by atoms with Crippen LogP contribution in [-0.2, 0) is 19.1 Å². The molecule has 0 aromatic rings. The Bertz CT molecular complexity index is 221. The van der Waals surface area contributed by atoms with Crippen LogP contribution in [0.5, 0.6) is 0 Å². The van der Waals surface area contributed by atoms with E-state index < -0.39 is 6.29 Å². The van der Waals surface area contributed by atoms with Crippen molar-refractivity contribution in [1.29, 1.82) is 0 Å². The van der Waals surface area contributed by atoms with Crippen molar-refractivity contribution in [3.05, 3.63) is 0 Å². The summed E-state index contributed by atoms with van der Waals surface area (Å²) in [5.74, 6) is -0.428.